The van der Waals surface area contributed by atoms with Crippen LogP contribution in [0, 0.1) is 46.3 Å². The second kappa shape index (κ2) is 9.80. The van der Waals surface area contributed by atoms with E-state index in [2.05, 4.69) is 26.1 Å². The molecule has 4 saturated carbocycles. The van der Waals surface area contributed by atoms with Crippen LogP contribution in [0.4, 0.5) is 0 Å². The topological polar surface area (TPSA) is 124 Å². The van der Waals surface area contributed by atoms with Crippen molar-refractivity contribution in [3.63, 3.8) is 0 Å². The number of rotatable bonds is 7. The summed E-state index contributed by atoms with van der Waals surface area (Å²) in [5.41, 5.74) is -0.948. The van der Waals surface area contributed by atoms with Crippen LogP contribution < -0.4 is 5.32 Å². The van der Waals surface area contributed by atoms with Crippen molar-refractivity contribution in [1.82, 2.24) is 5.32 Å². The molecule has 0 spiro atoms. The van der Waals surface area contributed by atoms with Crippen LogP contribution in [0.3, 0.4) is 0 Å². The summed E-state index contributed by atoms with van der Waals surface area (Å²) in [7, 11) is -4.18. The van der Waals surface area contributed by atoms with Crippen LogP contribution in [-0.4, -0.2) is 52.6 Å². The zero-order valence-corrected chi connectivity index (χ0v) is 23.7. The molecule has 0 unspecified atom stereocenters. The summed E-state index contributed by atoms with van der Waals surface area (Å²) in [6.07, 6.45) is 8.84. The van der Waals surface area contributed by atoms with Gasteiger partial charge in [-0.15, -0.1) is 0 Å². The van der Waals surface area contributed by atoms with E-state index in [1.54, 1.807) is 13.8 Å². The number of carbonyl (C=O) groups is 1. The van der Waals surface area contributed by atoms with Crippen LogP contribution in [0.5, 0.6) is 0 Å². The van der Waals surface area contributed by atoms with E-state index < -0.39 is 21.4 Å². The summed E-state index contributed by atoms with van der Waals surface area (Å²) in [5, 5.41) is 24.7. The molecule has 0 radical (unpaired) electrons. The zero-order valence-electron chi connectivity index (χ0n) is 22.9. The number of aliphatic hydroxyl groups excluding tert-OH is 2. The lowest BCUT2D eigenvalue weighted by molar-refractivity contribution is -0.175. The molecule has 8 heteroatoms. The summed E-state index contributed by atoms with van der Waals surface area (Å²) in [5.74, 6) is 2.15. The third-order valence-electron chi connectivity index (χ3n) is 11.4. The third-order valence-corrected chi connectivity index (χ3v) is 12.4. The van der Waals surface area contributed by atoms with Crippen molar-refractivity contribution in [3.05, 3.63) is 0 Å². The average Bonchev–Trinajstić information content (AvgIpc) is 3.10. The van der Waals surface area contributed by atoms with Gasteiger partial charge in [0.15, 0.2) is 0 Å². The molecule has 208 valence electrons. The fraction of sp³-hybridized carbons (Fsp3) is 0.964. The Morgan fingerprint density at radius 1 is 1.06 bits per heavy atom. The molecule has 0 aromatic carbocycles. The van der Waals surface area contributed by atoms with Gasteiger partial charge in [-0.3, -0.25) is 9.35 Å². The number of fused-ring (bicyclic) bond motifs is 5. The smallest absolute Gasteiger partial charge is 0.267 e. The third kappa shape index (κ3) is 5.26. The fourth-order valence-corrected chi connectivity index (χ4v) is 10.6. The van der Waals surface area contributed by atoms with Crippen LogP contribution in [-0.2, 0) is 14.9 Å². The number of carbonyl (C=O) groups excluding carboxylic acids is 1. The van der Waals surface area contributed by atoms with E-state index in [0.29, 0.717) is 42.4 Å². The predicted octanol–water partition coefficient (Wildman–Crippen LogP) is 4.18. The van der Waals surface area contributed by atoms with Gasteiger partial charge < -0.3 is 15.5 Å². The second-order valence-corrected chi connectivity index (χ2v) is 15.5. The van der Waals surface area contributed by atoms with E-state index >= 15 is 0 Å². The molecule has 10 atom stereocenters. The second-order valence-electron chi connectivity index (χ2n) is 14.1. The van der Waals surface area contributed by atoms with Gasteiger partial charge in [-0.25, -0.2) is 0 Å². The Balaban J connectivity index is 1.41. The number of aliphatic hydroxyl groups is 2. The van der Waals surface area contributed by atoms with Gasteiger partial charge in [-0.05, 0) is 118 Å². The molecule has 0 bridgehead atoms. The maximum atomic E-state index is 12.6. The highest BCUT2D eigenvalue weighted by Gasteiger charge is 2.63. The standard InChI is InChI=1S/C28H49NO6S/c1-17(6-11-25(32)29-26(2,3)16-36(33,34)35)21-9-10-22-20-8-7-18-14-19(30)12-13-27(18,4)23(20)15-24(31)28(21,22)5/h17-24,30-31H,6-16H2,1-5H3,(H,29,32)(H,33,34,35)/t17-,18-,19-,20+,21-,22+,23+,24+,27+,28-/m1/s1. The Bertz CT molecular complexity index is 936. The zero-order chi connectivity index (χ0) is 26.7. The Morgan fingerprint density at radius 3 is 2.42 bits per heavy atom. The molecule has 7 nitrogen and oxygen atoms in total. The Labute approximate surface area is 217 Å². The highest BCUT2D eigenvalue weighted by atomic mass is 32.2. The maximum absolute atomic E-state index is 12.6. The van der Waals surface area contributed by atoms with Gasteiger partial charge in [-0.2, -0.15) is 8.42 Å². The lowest BCUT2D eigenvalue weighted by Gasteiger charge is -2.62. The highest BCUT2D eigenvalue weighted by molar-refractivity contribution is 7.85. The molecule has 1 amide bonds. The largest absolute Gasteiger partial charge is 0.393 e. The van der Waals surface area contributed by atoms with Gasteiger partial charge in [0.05, 0.1) is 23.5 Å². The molecule has 0 aliphatic heterocycles. The highest BCUT2D eigenvalue weighted by Crippen LogP contribution is 2.68. The first-order chi connectivity index (χ1) is 16.6. The first kappa shape index (κ1) is 28.3. The van der Waals surface area contributed by atoms with Crippen LogP contribution in [0.2, 0.25) is 0 Å². The van der Waals surface area contributed by atoms with E-state index in [0.717, 1.165) is 38.5 Å². The molecular formula is C28H49NO6S. The van der Waals surface area contributed by atoms with Gasteiger partial charge in [0.1, 0.15) is 0 Å². The van der Waals surface area contributed by atoms with Crippen molar-refractivity contribution >= 4 is 16.0 Å². The maximum Gasteiger partial charge on any atom is 0.267 e. The molecule has 0 aromatic heterocycles. The summed E-state index contributed by atoms with van der Waals surface area (Å²) in [6.45, 7) is 10.1. The van der Waals surface area contributed by atoms with E-state index in [1.165, 1.54) is 12.8 Å². The summed E-state index contributed by atoms with van der Waals surface area (Å²) in [6, 6.07) is 0. The first-order valence-electron chi connectivity index (χ1n) is 14.2. The molecule has 4 N–H and O–H groups in total. The number of hydrogen-bond donors (Lipinski definition) is 4. The molecular weight excluding hydrogens is 478 g/mol. The van der Waals surface area contributed by atoms with Gasteiger partial charge in [-0.1, -0.05) is 20.8 Å². The average molecular weight is 528 g/mol. The Kier molecular flexibility index (Phi) is 7.71. The van der Waals surface area contributed by atoms with Crippen molar-refractivity contribution in [2.75, 3.05) is 5.75 Å². The van der Waals surface area contributed by atoms with Crippen LogP contribution in [0.25, 0.3) is 0 Å². The van der Waals surface area contributed by atoms with E-state index in [4.69, 9.17) is 4.55 Å². The quantitative estimate of drug-likeness (QED) is 0.368. The molecule has 0 aromatic rings. The molecule has 4 aliphatic rings. The van der Waals surface area contributed by atoms with Crippen LogP contribution in [0.15, 0.2) is 0 Å². The van der Waals surface area contributed by atoms with Gasteiger partial charge >= 0.3 is 0 Å². The van der Waals surface area contributed by atoms with Crippen molar-refractivity contribution in [2.45, 2.75) is 117 Å². The minimum absolute atomic E-state index is 0.140. The molecule has 4 fully saturated rings. The molecule has 36 heavy (non-hydrogen) atoms. The van der Waals surface area contributed by atoms with E-state index in [-0.39, 0.29) is 34.9 Å². The SMILES string of the molecule is C[C@H](CCC(=O)NC(C)(C)CS(=O)(=O)O)[C@H]1CC[C@H]2[C@@H]3CC[C@@H]4C[C@H](O)CC[C@]4(C)[C@H]3C[C@H](O)[C@]12C. The Hall–Kier alpha value is -0.700. The molecule has 4 aliphatic carbocycles. The number of amides is 1. The number of hydrogen-bond acceptors (Lipinski definition) is 5. The monoisotopic (exact) mass is 527 g/mol. The minimum Gasteiger partial charge on any atom is -0.393 e. The van der Waals surface area contributed by atoms with Crippen molar-refractivity contribution in [1.29, 1.82) is 0 Å². The van der Waals surface area contributed by atoms with Crippen LogP contribution in [0.1, 0.15) is 98.8 Å². The van der Waals surface area contributed by atoms with Crippen molar-refractivity contribution in [2.24, 2.45) is 46.3 Å². The summed E-state index contributed by atoms with van der Waals surface area (Å²) in [4.78, 5) is 12.6. The van der Waals surface area contributed by atoms with Gasteiger partial charge in [0.2, 0.25) is 5.91 Å². The summed E-state index contributed by atoms with van der Waals surface area (Å²) >= 11 is 0. The number of nitrogens with one attached hydrogen (secondary N) is 1. The van der Waals surface area contributed by atoms with E-state index in [9.17, 15) is 23.4 Å². The lowest BCUT2D eigenvalue weighted by atomic mass is 9.43. The van der Waals surface area contributed by atoms with Crippen LogP contribution >= 0.6 is 0 Å². The molecule has 0 heterocycles. The molecule has 0 saturated heterocycles. The lowest BCUT2D eigenvalue weighted by Crippen LogP contribution is -2.58. The Morgan fingerprint density at radius 2 is 1.75 bits per heavy atom. The van der Waals surface area contributed by atoms with Crippen molar-refractivity contribution < 1.29 is 28.0 Å². The first-order valence-corrected chi connectivity index (χ1v) is 15.8. The predicted molar refractivity (Wildman–Crippen MR) is 140 cm³/mol. The van der Waals surface area contributed by atoms with Gasteiger partial charge in [0, 0.05) is 6.42 Å². The molecule has 4 rings (SSSR count). The van der Waals surface area contributed by atoms with E-state index in [1.807, 2.05) is 0 Å². The van der Waals surface area contributed by atoms with Crippen molar-refractivity contribution in [3.8, 4) is 0 Å². The fourth-order valence-electron chi connectivity index (χ4n) is 9.65. The van der Waals surface area contributed by atoms with Gasteiger partial charge in [0.25, 0.3) is 10.1 Å². The normalized spacial score (nSPS) is 43.7. The minimum atomic E-state index is -4.18. The summed E-state index contributed by atoms with van der Waals surface area (Å²) < 4.78 is 31.7.